The molecule has 1 aliphatic heterocycles. The lowest BCUT2D eigenvalue weighted by Gasteiger charge is -2.26. The van der Waals surface area contributed by atoms with Crippen LogP contribution in [-0.2, 0) is 14.9 Å². The molecule has 0 saturated carbocycles. The van der Waals surface area contributed by atoms with Crippen LogP contribution in [0.3, 0.4) is 0 Å². The van der Waals surface area contributed by atoms with Gasteiger partial charge in [0.05, 0.1) is 13.2 Å². The van der Waals surface area contributed by atoms with Crippen molar-refractivity contribution in [3.05, 3.63) is 29.8 Å². The quantitative estimate of drug-likeness (QED) is 0.850. The lowest BCUT2D eigenvalue weighted by Crippen LogP contribution is -2.42. The first-order chi connectivity index (χ1) is 9.47. The fourth-order valence-electron chi connectivity index (χ4n) is 2.10. The molecule has 1 saturated heterocycles. The van der Waals surface area contributed by atoms with Gasteiger partial charge in [-0.05, 0) is 23.1 Å². The monoisotopic (exact) mass is 277 g/mol. The molecule has 1 aromatic rings. The summed E-state index contributed by atoms with van der Waals surface area (Å²) in [6.45, 7) is 9.11. The first-order valence-corrected chi connectivity index (χ1v) is 7.06. The number of rotatable bonds is 3. The van der Waals surface area contributed by atoms with Gasteiger partial charge in [0.1, 0.15) is 5.75 Å². The summed E-state index contributed by atoms with van der Waals surface area (Å²) in [6, 6.07) is 7.94. The number of ether oxygens (including phenoxy) is 2. The summed E-state index contributed by atoms with van der Waals surface area (Å²) in [5.74, 6) is 0.772. The molecule has 4 nitrogen and oxygen atoms in total. The van der Waals surface area contributed by atoms with Crippen LogP contribution in [0.4, 0.5) is 0 Å². The molecule has 2 rings (SSSR count). The SMILES string of the molecule is CC(C)(C)c1cccc(OCC(=O)N2CCOCC2)c1. The van der Waals surface area contributed by atoms with Crippen molar-refractivity contribution in [3.8, 4) is 5.75 Å². The van der Waals surface area contributed by atoms with Crippen molar-refractivity contribution >= 4 is 5.91 Å². The average molecular weight is 277 g/mol. The third-order valence-corrected chi connectivity index (χ3v) is 3.43. The van der Waals surface area contributed by atoms with Gasteiger partial charge in [0.15, 0.2) is 6.61 Å². The first-order valence-electron chi connectivity index (χ1n) is 7.06. The first kappa shape index (κ1) is 14.9. The zero-order valence-electron chi connectivity index (χ0n) is 12.5. The van der Waals surface area contributed by atoms with Gasteiger partial charge < -0.3 is 14.4 Å². The van der Waals surface area contributed by atoms with E-state index < -0.39 is 0 Å². The molecule has 0 aromatic heterocycles. The molecule has 0 N–H and O–H groups in total. The summed E-state index contributed by atoms with van der Waals surface area (Å²) in [5, 5.41) is 0. The predicted molar refractivity (Wildman–Crippen MR) is 78.0 cm³/mol. The summed E-state index contributed by atoms with van der Waals surface area (Å²) in [7, 11) is 0. The molecule has 0 aliphatic carbocycles. The van der Waals surface area contributed by atoms with Gasteiger partial charge in [-0.2, -0.15) is 0 Å². The summed E-state index contributed by atoms with van der Waals surface area (Å²) >= 11 is 0. The summed E-state index contributed by atoms with van der Waals surface area (Å²) < 4.78 is 10.9. The van der Waals surface area contributed by atoms with Crippen LogP contribution in [0.25, 0.3) is 0 Å². The van der Waals surface area contributed by atoms with Gasteiger partial charge >= 0.3 is 0 Å². The summed E-state index contributed by atoms with van der Waals surface area (Å²) in [4.78, 5) is 13.8. The van der Waals surface area contributed by atoms with Crippen molar-refractivity contribution in [2.24, 2.45) is 0 Å². The molecule has 1 amide bonds. The maximum absolute atomic E-state index is 12.0. The summed E-state index contributed by atoms with van der Waals surface area (Å²) in [5.41, 5.74) is 1.28. The van der Waals surface area contributed by atoms with E-state index in [1.807, 2.05) is 18.2 Å². The van der Waals surface area contributed by atoms with Crippen LogP contribution < -0.4 is 4.74 Å². The Bertz CT molecular complexity index is 459. The lowest BCUT2D eigenvalue weighted by molar-refractivity contribution is -0.137. The second-order valence-corrected chi connectivity index (χ2v) is 6.06. The molecular formula is C16H23NO3. The molecule has 0 spiro atoms. The van der Waals surface area contributed by atoms with Crippen molar-refractivity contribution in [2.45, 2.75) is 26.2 Å². The van der Waals surface area contributed by atoms with E-state index in [1.54, 1.807) is 4.90 Å². The topological polar surface area (TPSA) is 38.8 Å². The predicted octanol–water partition coefficient (Wildman–Crippen LogP) is 2.22. The number of carbonyl (C=O) groups excluding carboxylic acids is 1. The Balaban J connectivity index is 1.92. The number of nitrogens with zero attached hydrogens (tertiary/aromatic N) is 1. The standard InChI is InChI=1S/C16H23NO3/c1-16(2,3)13-5-4-6-14(11-13)20-12-15(18)17-7-9-19-10-8-17/h4-6,11H,7-10,12H2,1-3H3. The smallest absolute Gasteiger partial charge is 0.260 e. The third kappa shape index (κ3) is 3.97. The van der Waals surface area contributed by atoms with E-state index in [0.717, 1.165) is 5.75 Å². The number of morpholine rings is 1. The van der Waals surface area contributed by atoms with Crippen molar-refractivity contribution in [3.63, 3.8) is 0 Å². The number of hydrogen-bond acceptors (Lipinski definition) is 3. The fraction of sp³-hybridized carbons (Fsp3) is 0.562. The van der Waals surface area contributed by atoms with E-state index in [9.17, 15) is 4.79 Å². The van der Waals surface area contributed by atoms with Crippen LogP contribution in [0.5, 0.6) is 5.75 Å². The van der Waals surface area contributed by atoms with Crippen molar-refractivity contribution in [1.82, 2.24) is 4.90 Å². The largest absolute Gasteiger partial charge is 0.484 e. The Morgan fingerprint density at radius 3 is 2.65 bits per heavy atom. The average Bonchev–Trinajstić information content (AvgIpc) is 2.45. The molecule has 0 bridgehead atoms. The summed E-state index contributed by atoms with van der Waals surface area (Å²) in [6.07, 6.45) is 0. The number of hydrogen-bond donors (Lipinski definition) is 0. The minimum absolute atomic E-state index is 0.0226. The molecular weight excluding hydrogens is 254 g/mol. The van der Waals surface area contributed by atoms with Gasteiger partial charge in [-0.25, -0.2) is 0 Å². The Labute approximate surface area is 120 Å². The Morgan fingerprint density at radius 1 is 1.30 bits per heavy atom. The molecule has 1 aliphatic rings. The van der Waals surface area contributed by atoms with Crippen LogP contribution in [0.1, 0.15) is 26.3 Å². The van der Waals surface area contributed by atoms with Crippen LogP contribution in [0, 0.1) is 0 Å². The highest BCUT2D eigenvalue weighted by Crippen LogP contribution is 2.25. The van der Waals surface area contributed by atoms with Crippen LogP contribution >= 0.6 is 0 Å². The molecule has 1 fully saturated rings. The lowest BCUT2D eigenvalue weighted by atomic mass is 9.87. The molecule has 0 unspecified atom stereocenters. The molecule has 110 valence electrons. The second-order valence-electron chi connectivity index (χ2n) is 6.06. The number of carbonyl (C=O) groups is 1. The zero-order valence-corrected chi connectivity index (χ0v) is 12.5. The van der Waals surface area contributed by atoms with Crippen LogP contribution in [0.15, 0.2) is 24.3 Å². The molecule has 1 heterocycles. The number of amides is 1. The third-order valence-electron chi connectivity index (χ3n) is 3.43. The number of benzene rings is 1. The molecule has 0 atom stereocenters. The maximum atomic E-state index is 12.0. The fourth-order valence-corrected chi connectivity index (χ4v) is 2.10. The molecule has 20 heavy (non-hydrogen) atoms. The van der Waals surface area contributed by atoms with Crippen molar-refractivity contribution in [2.75, 3.05) is 32.9 Å². The Morgan fingerprint density at radius 2 is 2.00 bits per heavy atom. The van der Waals surface area contributed by atoms with Crippen molar-refractivity contribution in [1.29, 1.82) is 0 Å². The van der Waals surface area contributed by atoms with E-state index in [2.05, 4.69) is 26.8 Å². The van der Waals surface area contributed by atoms with Gasteiger partial charge in [-0.15, -0.1) is 0 Å². The minimum atomic E-state index is 0.0226. The van der Waals surface area contributed by atoms with Gasteiger partial charge in [-0.1, -0.05) is 32.9 Å². The van der Waals surface area contributed by atoms with Gasteiger partial charge in [0, 0.05) is 13.1 Å². The molecule has 4 heteroatoms. The highest BCUT2D eigenvalue weighted by molar-refractivity contribution is 5.77. The van der Waals surface area contributed by atoms with Crippen LogP contribution in [-0.4, -0.2) is 43.7 Å². The van der Waals surface area contributed by atoms with Crippen molar-refractivity contribution < 1.29 is 14.3 Å². The van der Waals surface area contributed by atoms with Gasteiger partial charge in [0.25, 0.3) is 5.91 Å². The van der Waals surface area contributed by atoms with Gasteiger partial charge in [-0.3, -0.25) is 4.79 Å². The normalized spacial score (nSPS) is 16.1. The minimum Gasteiger partial charge on any atom is -0.484 e. The molecule has 1 aromatic carbocycles. The zero-order chi connectivity index (χ0) is 14.6. The Kier molecular flexibility index (Phi) is 4.65. The molecule has 0 radical (unpaired) electrons. The highest BCUT2D eigenvalue weighted by Gasteiger charge is 2.18. The van der Waals surface area contributed by atoms with E-state index in [1.165, 1.54) is 5.56 Å². The van der Waals surface area contributed by atoms with E-state index >= 15 is 0 Å². The maximum Gasteiger partial charge on any atom is 0.260 e. The van der Waals surface area contributed by atoms with E-state index in [0.29, 0.717) is 26.3 Å². The van der Waals surface area contributed by atoms with E-state index in [4.69, 9.17) is 9.47 Å². The Hall–Kier alpha value is -1.55. The van der Waals surface area contributed by atoms with E-state index in [-0.39, 0.29) is 17.9 Å². The van der Waals surface area contributed by atoms with Gasteiger partial charge in [0.2, 0.25) is 0 Å². The second kappa shape index (κ2) is 6.27. The highest BCUT2D eigenvalue weighted by atomic mass is 16.5. The van der Waals surface area contributed by atoms with Crippen LogP contribution in [0.2, 0.25) is 0 Å².